The van der Waals surface area contributed by atoms with Crippen molar-refractivity contribution in [1.29, 1.82) is 0 Å². The van der Waals surface area contributed by atoms with Gasteiger partial charge < -0.3 is 4.74 Å². The number of hydrogen-bond acceptors (Lipinski definition) is 3. The van der Waals surface area contributed by atoms with Crippen LogP contribution in [-0.4, -0.2) is 47.7 Å². The summed E-state index contributed by atoms with van der Waals surface area (Å²) in [6, 6.07) is 0.705. The highest BCUT2D eigenvalue weighted by Gasteiger charge is 2.26. The minimum absolute atomic E-state index is 0.533. The van der Waals surface area contributed by atoms with E-state index in [0.29, 0.717) is 12.1 Å². The third-order valence-corrected chi connectivity index (χ3v) is 6.10. The van der Waals surface area contributed by atoms with Crippen LogP contribution < -0.4 is 0 Å². The number of nitrogens with zero attached hydrogens (tertiary/aromatic N) is 1. The molecule has 0 unspecified atom stereocenters. The van der Waals surface area contributed by atoms with E-state index in [1.54, 1.807) is 0 Å². The average molecular weight is 271 g/mol. The molecule has 0 spiro atoms. The third-order valence-electron chi connectivity index (χ3n) is 4.76. The van der Waals surface area contributed by atoms with Crippen molar-refractivity contribution in [1.82, 2.24) is 4.90 Å². The molecule has 106 valence electrons. The average Bonchev–Trinajstić information content (AvgIpc) is 2.37. The molecule has 18 heavy (non-hydrogen) atoms. The lowest BCUT2D eigenvalue weighted by Gasteiger charge is -2.38. The Kier molecular flexibility index (Phi) is 5.84. The van der Waals surface area contributed by atoms with Crippen LogP contribution in [-0.2, 0) is 4.74 Å². The van der Waals surface area contributed by atoms with E-state index in [1.807, 2.05) is 0 Å². The predicted octanol–water partition coefficient (Wildman–Crippen LogP) is 3.41. The van der Waals surface area contributed by atoms with Crippen molar-refractivity contribution in [2.45, 2.75) is 63.9 Å². The normalized spacial score (nSPS) is 38.8. The molecule has 2 fully saturated rings. The van der Waals surface area contributed by atoms with Crippen molar-refractivity contribution >= 4 is 11.8 Å². The summed E-state index contributed by atoms with van der Waals surface area (Å²) in [5.41, 5.74) is 0. The quantitative estimate of drug-likeness (QED) is 0.777. The fraction of sp³-hybridized carbons (Fsp3) is 1.00. The van der Waals surface area contributed by atoms with Gasteiger partial charge in [0.15, 0.2) is 0 Å². The second-order valence-electron chi connectivity index (χ2n) is 6.02. The Morgan fingerprint density at radius 1 is 1.17 bits per heavy atom. The number of thioether (sulfide) groups is 1. The molecule has 1 saturated carbocycles. The Hall–Kier alpha value is 0.270. The fourth-order valence-corrected chi connectivity index (χ4v) is 4.32. The van der Waals surface area contributed by atoms with Crippen LogP contribution in [0.25, 0.3) is 0 Å². The summed E-state index contributed by atoms with van der Waals surface area (Å²) in [7, 11) is 0. The molecule has 0 N–H and O–H groups in total. The molecule has 1 heterocycles. The first kappa shape index (κ1) is 14.7. The van der Waals surface area contributed by atoms with Gasteiger partial charge in [0, 0.05) is 30.1 Å². The summed E-state index contributed by atoms with van der Waals surface area (Å²) in [6.07, 6.45) is 5.94. The zero-order chi connectivity index (χ0) is 13.0. The lowest BCUT2D eigenvalue weighted by Crippen LogP contribution is -2.46. The standard InChI is InChI=1S/C15H29NOS/c1-12-6-4-5-7-15(12)17-10-8-16-9-11-18-14(3)13(16)2/h12-15H,4-11H2,1-3H3/t12-,13-,14+,15+/m1/s1. The van der Waals surface area contributed by atoms with Crippen LogP contribution in [0.4, 0.5) is 0 Å². The zero-order valence-electron chi connectivity index (χ0n) is 12.2. The van der Waals surface area contributed by atoms with Crippen molar-refractivity contribution in [3.63, 3.8) is 0 Å². The van der Waals surface area contributed by atoms with Crippen molar-refractivity contribution < 1.29 is 4.74 Å². The number of hydrogen-bond donors (Lipinski definition) is 0. The van der Waals surface area contributed by atoms with Gasteiger partial charge in [-0.1, -0.05) is 26.7 Å². The SMILES string of the molecule is C[C@@H]1CCCC[C@@H]1OCCN1CCS[C@@H](C)[C@H]1C. The first-order valence-corrected chi connectivity index (χ1v) is 8.70. The molecular formula is C15H29NOS. The van der Waals surface area contributed by atoms with Crippen LogP contribution >= 0.6 is 11.8 Å². The van der Waals surface area contributed by atoms with E-state index >= 15 is 0 Å². The van der Waals surface area contributed by atoms with Gasteiger partial charge in [-0.05, 0) is 25.7 Å². The Bertz CT molecular complexity index is 249. The van der Waals surface area contributed by atoms with Gasteiger partial charge in [-0.2, -0.15) is 11.8 Å². The Labute approximate surface area is 117 Å². The lowest BCUT2D eigenvalue weighted by atomic mass is 9.88. The molecular weight excluding hydrogens is 242 g/mol. The van der Waals surface area contributed by atoms with Crippen LogP contribution in [0.1, 0.15) is 46.5 Å². The van der Waals surface area contributed by atoms with E-state index < -0.39 is 0 Å². The molecule has 4 atom stereocenters. The highest BCUT2D eigenvalue weighted by atomic mass is 32.2. The predicted molar refractivity (Wildman–Crippen MR) is 80.3 cm³/mol. The highest BCUT2D eigenvalue weighted by Crippen LogP contribution is 2.27. The summed E-state index contributed by atoms with van der Waals surface area (Å²) in [5.74, 6) is 2.05. The lowest BCUT2D eigenvalue weighted by molar-refractivity contribution is -0.0168. The van der Waals surface area contributed by atoms with Crippen molar-refractivity contribution in [3.8, 4) is 0 Å². The monoisotopic (exact) mass is 271 g/mol. The number of rotatable bonds is 4. The summed E-state index contributed by atoms with van der Waals surface area (Å²) in [6.45, 7) is 10.4. The maximum absolute atomic E-state index is 6.13. The molecule has 0 aromatic rings. The van der Waals surface area contributed by atoms with E-state index in [9.17, 15) is 0 Å². The maximum Gasteiger partial charge on any atom is 0.0601 e. The van der Waals surface area contributed by atoms with Gasteiger partial charge in [0.1, 0.15) is 0 Å². The van der Waals surface area contributed by atoms with Gasteiger partial charge >= 0.3 is 0 Å². The second kappa shape index (κ2) is 7.16. The largest absolute Gasteiger partial charge is 0.377 e. The van der Waals surface area contributed by atoms with E-state index in [0.717, 1.165) is 24.3 Å². The van der Waals surface area contributed by atoms with Crippen LogP contribution in [0.2, 0.25) is 0 Å². The third kappa shape index (κ3) is 3.88. The molecule has 2 rings (SSSR count). The van der Waals surface area contributed by atoms with Gasteiger partial charge in [0.25, 0.3) is 0 Å². The smallest absolute Gasteiger partial charge is 0.0601 e. The summed E-state index contributed by atoms with van der Waals surface area (Å²) in [5, 5.41) is 0.771. The summed E-state index contributed by atoms with van der Waals surface area (Å²) in [4.78, 5) is 2.61. The Morgan fingerprint density at radius 3 is 2.72 bits per heavy atom. The van der Waals surface area contributed by atoms with E-state index in [4.69, 9.17) is 4.74 Å². The summed E-state index contributed by atoms with van der Waals surface area (Å²) >= 11 is 2.11. The molecule has 2 nitrogen and oxygen atoms in total. The molecule has 1 aliphatic carbocycles. The minimum atomic E-state index is 0.533. The Balaban J connectivity index is 1.68. The van der Waals surface area contributed by atoms with Gasteiger partial charge in [-0.15, -0.1) is 0 Å². The van der Waals surface area contributed by atoms with E-state index in [-0.39, 0.29) is 0 Å². The van der Waals surface area contributed by atoms with E-state index in [2.05, 4.69) is 37.4 Å². The van der Waals surface area contributed by atoms with Crippen molar-refractivity contribution in [3.05, 3.63) is 0 Å². The summed E-state index contributed by atoms with van der Waals surface area (Å²) < 4.78 is 6.13. The molecule has 2 aliphatic rings. The van der Waals surface area contributed by atoms with Crippen LogP contribution in [0.3, 0.4) is 0 Å². The highest BCUT2D eigenvalue weighted by molar-refractivity contribution is 8.00. The molecule has 0 radical (unpaired) electrons. The van der Waals surface area contributed by atoms with Gasteiger partial charge in [-0.25, -0.2) is 0 Å². The van der Waals surface area contributed by atoms with Gasteiger partial charge in [-0.3, -0.25) is 4.90 Å². The van der Waals surface area contributed by atoms with Crippen LogP contribution in [0.15, 0.2) is 0 Å². The van der Waals surface area contributed by atoms with Crippen LogP contribution in [0.5, 0.6) is 0 Å². The van der Waals surface area contributed by atoms with Gasteiger partial charge in [0.05, 0.1) is 12.7 Å². The number of ether oxygens (including phenoxy) is 1. The fourth-order valence-electron chi connectivity index (χ4n) is 3.16. The van der Waals surface area contributed by atoms with E-state index in [1.165, 1.54) is 38.0 Å². The first-order chi connectivity index (χ1) is 8.68. The molecule has 0 aromatic carbocycles. The topological polar surface area (TPSA) is 12.5 Å². The van der Waals surface area contributed by atoms with Gasteiger partial charge in [0.2, 0.25) is 0 Å². The first-order valence-electron chi connectivity index (χ1n) is 7.65. The molecule has 0 amide bonds. The molecule has 3 heteroatoms. The molecule has 0 bridgehead atoms. The molecule has 1 aliphatic heterocycles. The van der Waals surface area contributed by atoms with Crippen molar-refractivity contribution in [2.24, 2.45) is 5.92 Å². The molecule has 0 aromatic heterocycles. The zero-order valence-corrected chi connectivity index (χ0v) is 13.0. The maximum atomic E-state index is 6.13. The minimum Gasteiger partial charge on any atom is -0.377 e. The molecule has 1 saturated heterocycles. The van der Waals surface area contributed by atoms with Crippen molar-refractivity contribution in [2.75, 3.05) is 25.4 Å². The van der Waals surface area contributed by atoms with Crippen LogP contribution in [0, 0.1) is 5.92 Å². The second-order valence-corrected chi connectivity index (χ2v) is 7.51. The Morgan fingerprint density at radius 2 is 1.94 bits per heavy atom.